The van der Waals surface area contributed by atoms with Gasteiger partial charge in [0, 0.05) is 12.1 Å². The Morgan fingerprint density at radius 2 is 1.61 bits per heavy atom. The summed E-state index contributed by atoms with van der Waals surface area (Å²) in [5.41, 5.74) is 5.18. The van der Waals surface area contributed by atoms with Crippen molar-refractivity contribution in [3.63, 3.8) is 0 Å². The van der Waals surface area contributed by atoms with Gasteiger partial charge in [-0.3, -0.25) is 9.59 Å². The summed E-state index contributed by atoms with van der Waals surface area (Å²) in [6.45, 7) is 11.5. The van der Waals surface area contributed by atoms with Gasteiger partial charge in [-0.25, -0.2) is 0 Å². The molecule has 0 aromatic heterocycles. The van der Waals surface area contributed by atoms with Gasteiger partial charge in [0.2, 0.25) is 5.91 Å². The largest absolute Gasteiger partial charge is 0.481 e. The molecule has 0 radical (unpaired) electrons. The summed E-state index contributed by atoms with van der Waals surface area (Å²) in [6.07, 6.45) is -0.0696. The predicted molar refractivity (Wildman–Crippen MR) is 71.1 cm³/mol. The van der Waals surface area contributed by atoms with Gasteiger partial charge in [0.15, 0.2) is 0 Å². The Morgan fingerprint density at radius 1 is 1.17 bits per heavy atom. The molecule has 1 amide bonds. The molecule has 0 rings (SSSR count). The molecule has 0 saturated heterocycles. The first-order valence-corrected chi connectivity index (χ1v) is 6.16. The molecule has 0 saturated carbocycles. The highest BCUT2D eigenvalue weighted by molar-refractivity contribution is 5.83. The van der Waals surface area contributed by atoms with E-state index in [1.165, 1.54) is 0 Å². The minimum atomic E-state index is -0.915. The first-order chi connectivity index (χ1) is 7.87. The Morgan fingerprint density at radius 3 is 1.89 bits per heavy atom. The molecule has 5 heteroatoms. The van der Waals surface area contributed by atoms with Crippen molar-refractivity contribution in [1.82, 2.24) is 4.90 Å². The maximum absolute atomic E-state index is 12.4. The Bertz CT molecular complexity index is 313. The predicted octanol–water partition coefficient (Wildman–Crippen LogP) is 1.46. The van der Waals surface area contributed by atoms with E-state index in [-0.39, 0.29) is 24.3 Å². The van der Waals surface area contributed by atoms with E-state index in [9.17, 15) is 9.59 Å². The number of nitrogens with zero attached hydrogens (tertiary/aromatic N) is 1. The summed E-state index contributed by atoms with van der Waals surface area (Å²) in [5, 5.41) is 8.74. The van der Waals surface area contributed by atoms with Crippen molar-refractivity contribution in [2.24, 2.45) is 11.1 Å². The van der Waals surface area contributed by atoms with Crippen molar-refractivity contribution in [3.05, 3.63) is 0 Å². The van der Waals surface area contributed by atoms with Crippen LogP contribution in [0, 0.1) is 5.41 Å². The number of amides is 1. The van der Waals surface area contributed by atoms with Crippen LogP contribution in [0.15, 0.2) is 0 Å². The maximum atomic E-state index is 12.4. The number of hydrogen-bond acceptors (Lipinski definition) is 3. The summed E-state index contributed by atoms with van der Waals surface area (Å²) in [6, 6.07) is -0.634. The van der Waals surface area contributed by atoms with Gasteiger partial charge in [-0.2, -0.15) is 0 Å². The molecule has 0 spiro atoms. The van der Waals surface area contributed by atoms with Crippen LogP contribution in [-0.4, -0.2) is 40.0 Å². The lowest BCUT2D eigenvalue weighted by molar-refractivity contribution is -0.142. The van der Waals surface area contributed by atoms with Crippen molar-refractivity contribution in [1.29, 1.82) is 0 Å². The van der Waals surface area contributed by atoms with Crippen LogP contribution in [0.4, 0.5) is 0 Å². The number of aliphatic carboxylic acids is 1. The number of carboxylic acid groups (broad SMARTS) is 1. The fourth-order valence-electron chi connectivity index (χ4n) is 1.52. The summed E-state index contributed by atoms with van der Waals surface area (Å²) >= 11 is 0. The summed E-state index contributed by atoms with van der Waals surface area (Å²) in [4.78, 5) is 24.6. The number of nitrogens with two attached hydrogens (primary N) is 1. The van der Waals surface area contributed by atoms with Gasteiger partial charge in [0.05, 0.1) is 12.5 Å². The standard InChI is InChI=1S/C13H26N2O3/c1-12(2,3)10(14)11(18)15(13(4,5)6)8-7-9(16)17/h10H,7-8,14H2,1-6H3,(H,16,17)/t10-/m1/s1. The second-order valence-electron chi connectivity index (χ2n) is 6.65. The number of hydrogen-bond donors (Lipinski definition) is 2. The molecule has 0 unspecified atom stereocenters. The molecule has 0 aromatic rings. The molecule has 1 atom stereocenters. The average molecular weight is 258 g/mol. The van der Waals surface area contributed by atoms with Crippen molar-refractivity contribution in [2.75, 3.05) is 6.54 Å². The highest BCUT2D eigenvalue weighted by Crippen LogP contribution is 2.23. The van der Waals surface area contributed by atoms with Crippen molar-refractivity contribution in [3.8, 4) is 0 Å². The highest BCUT2D eigenvalue weighted by Gasteiger charge is 2.35. The van der Waals surface area contributed by atoms with Crippen molar-refractivity contribution < 1.29 is 14.7 Å². The average Bonchev–Trinajstić information content (AvgIpc) is 2.12. The van der Waals surface area contributed by atoms with Crippen LogP contribution in [-0.2, 0) is 9.59 Å². The zero-order valence-corrected chi connectivity index (χ0v) is 12.3. The zero-order valence-electron chi connectivity index (χ0n) is 12.3. The summed E-state index contributed by atoms with van der Waals surface area (Å²) in [5.74, 6) is -1.11. The van der Waals surface area contributed by atoms with E-state index in [2.05, 4.69) is 0 Å². The molecule has 0 aliphatic heterocycles. The highest BCUT2D eigenvalue weighted by atomic mass is 16.4. The van der Waals surface area contributed by atoms with Gasteiger partial charge in [-0.1, -0.05) is 20.8 Å². The van der Waals surface area contributed by atoms with E-state index in [1.54, 1.807) is 4.90 Å². The number of rotatable bonds is 4. The van der Waals surface area contributed by atoms with Gasteiger partial charge < -0.3 is 15.7 Å². The molecule has 0 fully saturated rings. The van der Waals surface area contributed by atoms with Crippen LogP contribution in [0.5, 0.6) is 0 Å². The number of carbonyl (C=O) groups is 2. The van der Waals surface area contributed by atoms with E-state index in [0.29, 0.717) is 0 Å². The summed E-state index contributed by atoms with van der Waals surface area (Å²) < 4.78 is 0. The lowest BCUT2D eigenvalue weighted by Crippen LogP contribution is -2.56. The topological polar surface area (TPSA) is 83.6 Å². The fraction of sp³-hybridized carbons (Fsp3) is 0.846. The second-order valence-corrected chi connectivity index (χ2v) is 6.65. The molecule has 0 aliphatic carbocycles. The van der Waals surface area contributed by atoms with Crippen LogP contribution in [0.2, 0.25) is 0 Å². The summed E-state index contributed by atoms with van der Waals surface area (Å²) in [7, 11) is 0. The maximum Gasteiger partial charge on any atom is 0.305 e. The fourth-order valence-corrected chi connectivity index (χ4v) is 1.52. The van der Waals surface area contributed by atoms with E-state index in [0.717, 1.165) is 0 Å². The monoisotopic (exact) mass is 258 g/mol. The SMILES string of the molecule is CC(C)(C)[C@H](N)C(=O)N(CCC(=O)O)C(C)(C)C. The Balaban J connectivity index is 4.98. The minimum Gasteiger partial charge on any atom is -0.481 e. The van der Waals surface area contributed by atoms with Crippen LogP contribution >= 0.6 is 0 Å². The molecule has 106 valence electrons. The van der Waals surface area contributed by atoms with Crippen LogP contribution in [0.25, 0.3) is 0 Å². The first-order valence-electron chi connectivity index (χ1n) is 6.16. The van der Waals surface area contributed by atoms with E-state index in [1.807, 2.05) is 41.5 Å². The Labute approximate surface area is 109 Å². The molecule has 0 aliphatic rings. The Kier molecular flexibility index (Phi) is 5.35. The van der Waals surface area contributed by atoms with Crippen LogP contribution < -0.4 is 5.73 Å². The smallest absolute Gasteiger partial charge is 0.305 e. The molecule has 3 N–H and O–H groups in total. The van der Waals surface area contributed by atoms with Gasteiger partial charge in [0.25, 0.3) is 0 Å². The second kappa shape index (κ2) is 5.69. The molecule has 0 aromatic carbocycles. The van der Waals surface area contributed by atoms with Crippen LogP contribution in [0.1, 0.15) is 48.0 Å². The third kappa shape index (κ3) is 5.04. The number of carboxylic acids is 1. The molecule has 5 nitrogen and oxygen atoms in total. The molecular weight excluding hydrogens is 232 g/mol. The molecule has 18 heavy (non-hydrogen) atoms. The van der Waals surface area contributed by atoms with E-state index in [4.69, 9.17) is 10.8 Å². The van der Waals surface area contributed by atoms with E-state index >= 15 is 0 Å². The van der Waals surface area contributed by atoms with Crippen LogP contribution in [0.3, 0.4) is 0 Å². The van der Waals surface area contributed by atoms with Gasteiger partial charge in [-0.05, 0) is 26.2 Å². The zero-order chi connectivity index (χ0) is 14.7. The third-order valence-electron chi connectivity index (χ3n) is 2.82. The molecular formula is C13H26N2O3. The number of carbonyl (C=O) groups excluding carboxylic acids is 1. The Hall–Kier alpha value is -1.10. The first kappa shape index (κ1) is 16.9. The van der Waals surface area contributed by atoms with Crippen molar-refractivity contribution in [2.45, 2.75) is 59.5 Å². The van der Waals surface area contributed by atoms with E-state index < -0.39 is 17.6 Å². The normalized spacial score (nSPS) is 14.2. The molecule has 0 heterocycles. The lowest BCUT2D eigenvalue weighted by atomic mass is 9.85. The third-order valence-corrected chi connectivity index (χ3v) is 2.82. The lowest BCUT2D eigenvalue weighted by Gasteiger charge is -2.39. The minimum absolute atomic E-state index is 0.0696. The quantitative estimate of drug-likeness (QED) is 0.799. The van der Waals surface area contributed by atoms with Gasteiger partial charge in [0.1, 0.15) is 0 Å². The van der Waals surface area contributed by atoms with Gasteiger partial charge in [-0.15, -0.1) is 0 Å². The van der Waals surface area contributed by atoms with Gasteiger partial charge >= 0.3 is 5.97 Å². The van der Waals surface area contributed by atoms with Crippen molar-refractivity contribution >= 4 is 11.9 Å². The molecule has 0 bridgehead atoms.